The molecule has 0 saturated carbocycles. The molecule has 0 aliphatic heterocycles. The number of rotatable bonds is 5. The first-order valence-electron chi connectivity index (χ1n) is 5.10. The van der Waals surface area contributed by atoms with Crippen molar-refractivity contribution in [1.29, 1.82) is 0 Å². The highest BCUT2D eigenvalue weighted by molar-refractivity contribution is 5.96. The van der Waals surface area contributed by atoms with E-state index < -0.39 is 0 Å². The van der Waals surface area contributed by atoms with Crippen LogP contribution in [-0.4, -0.2) is 29.7 Å². The molecule has 0 bridgehead atoms. The molecule has 0 fully saturated rings. The van der Waals surface area contributed by atoms with Gasteiger partial charge in [-0.25, -0.2) is 0 Å². The van der Waals surface area contributed by atoms with E-state index in [-0.39, 0.29) is 18.2 Å². The van der Waals surface area contributed by atoms with Crippen molar-refractivity contribution in [3.63, 3.8) is 0 Å². The lowest BCUT2D eigenvalue weighted by atomic mass is 10.2. The van der Waals surface area contributed by atoms with Crippen LogP contribution in [0.2, 0.25) is 0 Å². The molecule has 1 amide bonds. The summed E-state index contributed by atoms with van der Waals surface area (Å²) in [5.41, 5.74) is 0.589. The Bertz CT molecular complexity index is 384. The van der Waals surface area contributed by atoms with Gasteiger partial charge in [0.25, 0.3) is 5.91 Å². The van der Waals surface area contributed by atoms with Crippen LogP contribution in [0, 0.1) is 0 Å². The Morgan fingerprint density at radius 3 is 2.44 bits per heavy atom. The van der Waals surface area contributed by atoms with Crippen LogP contribution in [-0.2, 0) is 4.79 Å². The summed E-state index contributed by atoms with van der Waals surface area (Å²) in [6, 6.07) is 8.91. The second-order valence-corrected chi connectivity index (χ2v) is 3.54. The van der Waals surface area contributed by atoms with Crippen molar-refractivity contribution in [2.24, 2.45) is 0 Å². The van der Waals surface area contributed by atoms with Crippen LogP contribution in [0.25, 0.3) is 0 Å². The molecule has 0 heterocycles. The predicted octanol–water partition coefficient (Wildman–Crippen LogP) is 1.90. The van der Waals surface area contributed by atoms with Crippen LogP contribution >= 0.6 is 0 Å². The number of carbonyl (C=O) groups excluding carboxylic acids is 2. The molecule has 3 nitrogen and oxygen atoms in total. The number of hydrogen-bond donors (Lipinski definition) is 0. The number of nitrogens with zero attached hydrogens (tertiary/aromatic N) is 1. The van der Waals surface area contributed by atoms with Gasteiger partial charge in [-0.3, -0.25) is 9.59 Å². The standard InChI is InChI=1S/C13H15NO2/c1-3-9-14(10-11(2)15)13(16)12-7-5-4-6-8-12/h3-8H,1,9-10H2,2H3. The normalized spacial score (nSPS) is 9.56. The SMILES string of the molecule is C=CCN(CC(C)=O)C(=O)c1ccccc1. The first kappa shape index (κ1) is 12.2. The van der Waals surface area contributed by atoms with E-state index in [1.54, 1.807) is 30.3 Å². The van der Waals surface area contributed by atoms with E-state index in [2.05, 4.69) is 6.58 Å². The van der Waals surface area contributed by atoms with Gasteiger partial charge >= 0.3 is 0 Å². The van der Waals surface area contributed by atoms with Gasteiger partial charge in [-0.1, -0.05) is 24.3 Å². The summed E-state index contributed by atoms with van der Waals surface area (Å²) in [6.45, 7) is 5.55. The van der Waals surface area contributed by atoms with Crippen LogP contribution in [0.5, 0.6) is 0 Å². The van der Waals surface area contributed by atoms with Gasteiger partial charge in [0.15, 0.2) is 0 Å². The summed E-state index contributed by atoms with van der Waals surface area (Å²) >= 11 is 0. The number of benzene rings is 1. The maximum absolute atomic E-state index is 12.0. The summed E-state index contributed by atoms with van der Waals surface area (Å²) in [5.74, 6) is -0.179. The maximum Gasteiger partial charge on any atom is 0.254 e. The van der Waals surface area contributed by atoms with E-state index in [1.807, 2.05) is 6.07 Å². The van der Waals surface area contributed by atoms with Crippen molar-refractivity contribution in [3.05, 3.63) is 48.6 Å². The molecule has 1 rings (SSSR count). The van der Waals surface area contributed by atoms with E-state index in [0.717, 1.165) is 0 Å². The Morgan fingerprint density at radius 1 is 1.31 bits per heavy atom. The Morgan fingerprint density at radius 2 is 1.94 bits per heavy atom. The molecule has 16 heavy (non-hydrogen) atoms. The van der Waals surface area contributed by atoms with Crippen molar-refractivity contribution in [2.45, 2.75) is 6.92 Å². The Labute approximate surface area is 95.4 Å². The van der Waals surface area contributed by atoms with Crippen molar-refractivity contribution in [2.75, 3.05) is 13.1 Å². The molecule has 0 unspecified atom stereocenters. The summed E-state index contributed by atoms with van der Waals surface area (Å²) in [7, 11) is 0. The molecule has 3 heteroatoms. The van der Waals surface area contributed by atoms with Gasteiger partial charge < -0.3 is 4.90 Å². The number of carbonyl (C=O) groups is 2. The van der Waals surface area contributed by atoms with Gasteiger partial charge in [-0.2, -0.15) is 0 Å². The predicted molar refractivity (Wildman–Crippen MR) is 63.2 cm³/mol. The summed E-state index contributed by atoms with van der Waals surface area (Å²) in [5, 5.41) is 0. The first-order chi connectivity index (χ1) is 7.65. The highest BCUT2D eigenvalue weighted by Gasteiger charge is 2.15. The lowest BCUT2D eigenvalue weighted by Crippen LogP contribution is -2.35. The Hall–Kier alpha value is -1.90. The first-order valence-corrected chi connectivity index (χ1v) is 5.10. The highest BCUT2D eigenvalue weighted by Crippen LogP contribution is 2.04. The zero-order valence-corrected chi connectivity index (χ0v) is 9.35. The average Bonchev–Trinajstić information content (AvgIpc) is 2.28. The van der Waals surface area contributed by atoms with Crippen LogP contribution < -0.4 is 0 Å². The second kappa shape index (κ2) is 5.85. The smallest absolute Gasteiger partial charge is 0.254 e. The molecule has 0 aromatic heterocycles. The molecule has 0 N–H and O–H groups in total. The van der Waals surface area contributed by atoms with Crippen molar-refractivity contribution in [1.82, 2.24) is 4.90 Å². The fraction of sp³-hybridized carbons (Fsp3) is 0.231. The molecule has 0 aliphatic rings. The largest absolute Gasteiger partial charge is 0.328 e. The van der Waals surface area contributed by atoms with Gasteiger partial charge in [-0.15, -0.1) is 6.58 Å². The average molecular weight is 217 g/mol. The van der Waals surface area contributed by atoms with Crippen LogP contribution in [0.1, 0.15) is 17.3 Å². The minimum Gasteiger partial charge on any atom is -0.328 e. The van der Waals surface area contributed by atoms with Crippen LogP contribution in [0.3, 0.4) is 0 Å². The van der Waals surface area contributed by atoms with Crippen LogP contribution in [0.15, 0.2) is 43.0 Å². The van der Waals surface area contributed by atoms with Crippen molar-refractivity contribution in [3.8, 4) is 0 Å². The molecule has 0 radical (unpaired) electrons. The fourth-order valence-corrected chi connectivity index (χ4v) is 1.41. The van der Waals surface area contributed by atoms with Crippen LogP contribution in [0.4, 0.5) is 0 Å². The van der Waals surface area contributed by atoms with E-state index >= 15 is 0 Å². The van der Waals surface area contributed by atoms with E-state index in [1.165, 1.54) is 11.8 Å². The maximum atomic E-state index is 12.0. The molecule has 1 aromatic carbocycles. The van der Waals surface area contributed by atoms with Gasteiger partial charge in [0.2, 0.25) is 0 Å². The van der Waals surface area contributed by atoms with Gasteiger partial charge in [-0.05, 0) is 19.1 Å². The zero-order valence-electron chi connectivity index (χ0n) is 9.35. The van der Waals surface area contributed by atoms with Gasteiger partial charge in [0.1, 0.15) is 5.78 Å². The fourth-order valence-electron chi connectivity index (χ4n) is 1.41. The van der Waals surface area contributed by atoms with E-state index in [0.29, 0.717) is 12.1 Å². The molecule has 0 spiro atoms. The van der Waals surface area contributed by atoms with E-state index in [4.69, 9.17) is 0 Å². The third-order valence-electron chi connectivity index (χ3n) is 2.07. The molecule has 84 valence electrons. The molecule has 1 aromatic rings. The lowest BCUT2D eigenvalue weighted by molar-refractivity contribution is -0.117. The third kappa shape index (κ3) is 3.35. The molecular weight excluding hydrogens is 202 g/mol. The molecular formula is C13H15NO2. The molecule has 0 aliphatic carbocycles. The van der Waals surface area contributed by atoms with Gasteiger partial charge in [0, 0.05) is 12.1 Å². The zero-order chi connectivity index (χ0) is 12.0. The monoisotopic (exact) mass is 217 g/mol. The minimum absolute atomic E-state index is 0.0360. The topological polar surface area (TPSA) is 37.4 Å². The quantitative estimate of drug-likeness (QED) is 0.706. The second-order valence-electron chi connectivity index (χ2n) is 3.54. The minimum atomic E-state index is -0.143. The lowest BCUT2D eigenvalue weighted by Gasteiger charge is -2.19. The van der Waals surface area contributed by atoms with Crippen molar-refractivity contribution >= 4 is 11.7 Å². The summed E-state index contributed by atoms with van der Waals surface area (Å²) in [4.78, 5) is 24.5. The van der Waals surface area contributed by atoms with Crippen molar-refractivity contribution < 1.29 is 9.59 Å². The number of ketones is 1. The van der Waals surface area contributed by atoms with Gasteiger partial charge in [0.05, 0.1) is 6.54 Å². The number of Topliss-reactive ketones (excluding diaryl/α,β-unsaturated/α-hetero) is 1. The highest BCUT2D eigenvalue weighted by atomic mass is 16.2. The van der Waals surface area contributed by atoms with E-state index in [9.17, 15) is 9.59 Å². The Kier molecular flexibility index (Phi) is 4.45. The molecule has 0 saturated heterocycles. The number of hydrogen-bond acceptors (Lipinski definition) is 2. The third-order valence-corrected chi connectivity index (χ3v) is 2.07. The Balaban J connectivity index is 2.82. The number of amides is 1. The summed E-state index contributed by atoms with van der Waals surface area (Å²) < 4.78 is 0. The molecule has 0 atom stereocenters. The summed E-state index contributed by atoms with van der Waals surface area (Å²) in [6.07, 6.45) is 1.61.